The lowest BCUT2D eigenvalue weighted by Gasteiger charge is -2.28. The van der Waals surface area contributed by atoms with Gasteiger partial charge in [-0.2, -0.15) is 0 Å². The van der Waals surface area contributed by atoms with Gasteiger partial charge in [-0.3, -0.25) is 0 Å². The van der Waals surface area contributed by atoms with Crippen LogP contribution in [0.15, 0.2) is 42.5 Å². The van der Waals surface area contributed by atoms with Gasteiger partial charge in [-0.25, -0.2) is 4.39 Å². The molecule has 4 heteroatoms. The molecule has 19 heavy (non-hydrogen) atoms. The molecule has 0 bridgehead atoms. The number of para-hydroxylation sites is 1. The van der Waals surface area contributed by atoms with Crippen LogP contribution in [0.3, 0.4) is 0 Å². The van der Waals surface area contributed by atoms with E-state index >= 15 is 0 Å². The SMILES string of the molecule is COc1ccccc1C(C)(N)c1ccc(Cl)cc1F. The van der Waals surface area contributed by atoms with Crippen molar-refractivity contribution in [3.05, 3.63) is 64.4 Å². The molecule has 0 aliphatic carbocycles. The average Bonchev–Trinajstić information content (AvgIpc) is 2.38. The van der Waals surface area contributed by atoms with E-state index in [4.69, 9.17) is 22.1 Å². The van der Waals surface area contributed by atoms with Gasteiger partial charge in [-0.05, 0) is 25.1 Å². The van der Waals surface area contributed by atoms with Crippen LogP contribution in [-0.4, -0.2) is 7.11 Å². The number of benzene rings is 2. The highest BCUT2D eigenvalue weighted by Crippen LogP contribution is 2.35. The third kappa shape index (κ3) is 2.57. The molecule has 0 saturated heterocycles. The number of nitrogens with two attached hydrogens (primary N) is 1. The maximum Gasteiger partial charge on any atom is 0.130 e. The lowest BCUT2D eigenvalue weighted by molar-refractivity contribution is 0.396. The first-order chi connectivity index (χ1) is 8.96. The quantitative estimate of drug-likeness (QED) is 0.929. The number of methoxy groups -OCH3 is 1. The Labute approximate surface area is 117 Å². The molecule has 0 aliphatic heterocycles. The zero-order valence-corrected chi connectivity index (χ0v) is 11.5. The van der Waals surface area contributed by atoms with Gasteiger partial charge < -0.3 is 10.5 Å². The first-order valence-electron chi connectivity index (χ1n) is 5.84. The maximum atomic E-state index is 14.1. The Morgan fingerprint density at radius 2 is 1.84 bits per heavy atom. The molecule has 0 aliphatic rings. The van der Waals surface area contributed by atoms with Crippen molar-refractivity contribution in [1.29, 1.82) is 0 Å². The highest BCUT2D eigenvalue weighted by atomic mass is 35.5. The summed E-state index contributed by atoms with van der Waals surface area (Å²) >= 11 is 5.77. The van der Waals surface area contributed by atoms with Crippen molar-refractivity contribution >= 4 is 11.6 Å². The molecule has 0 radical (unpaired) electrons. The minimum absolute atomic E-state index is 0.345. The summed E-state index contributed by atoms with van der Waals surface area (Å²) in [6, 6.07) is 11.8. The molecule has 2 aromatic rings. The molecule has 1 unspecified atom stereocenters. The first kappa shape index (κ1) is 13.8. The molecule has 0 fully saturated rings. The molecule has 100 valence electrons. The van der Waals surface area contributed by atoms with E-state index in [-0.39, 0.29) is 0 Å². The Kier molecular flexibility index (Phi) is 3.78. The Morgan fingerprint density at radius 1 is 1.16 bits per heavy atom. The number of halogens is 2. The van der Waals surface area contributed by atoms with Crippen LogP contribution in [0.5, 0.6) is 5.75 Å². The Balaban J connectivity index is 2.58. The molecule has 0 heterocycles. The van der Waals surface area contributed by atoms with E-state index in [1.165, 1.54) is 6.07 Å². The summed E-state index contributed by atoms with van der Waals surface area (Å²) in [5.74, 6) is 0.199. The van der Waals surface area contributed by atoms with Crippen molar-refractivity contribution in [3.8, 4) is 5.75 Å². The predicted molar refractivity (Wildman–Crippen MR) is 75.0 cm³/mol. The van der Waals surface area contributed by atoms with Crippen molar-refractivity contribution in [2.24, 2.45) is 5.73 Å². The van der Waals surface area contributed by atoms with Gasteiger partial charge in [0.15, 0.2) is 0 Å². The number of hydrogen-bond acceptors (Lipinski definition) is 2. The van der Waals surface area contributed by atoms with Crippen LogP contribution in [0.4, 0.5) is 4.39 Å². The topological polar surface area (TPSA) is 35.2 Å². The molecular weight excluding hydrogens is 265 g/mol. The van der Waals surface area contributed by atoms with Crippen molar-refractivity contribution in [2.75, 3.05) is 7.11 Å². The minimum atomic E-state index is -0.999. The Morgan fingerprint density at radius 3 is 2.47 bits per heavy atom. The van der Waals surface area contributed by atoms with Crippen LogP contribution in [0.2, 0.25) is 5.02 Å². The highest BCUT2D eigenvalue weighted by molar-refractivity contribution is 6.30. The van der Waals surface area contributed by atoms with Crippen LogP contribution in [0.1, 0.15) is 18.1 Å². The summed E-state index contributed by atoms with van der Waals surface area (Å²) in [6.07, 6.45) is 0. The van der Waals surface area contributed by atoms with Crippen molar-refractivity contribution in [3.63, 3.8) is 0 Å². The molecular formula is C15H15ClFNO. The maximum absolute atomic E-state index is 14.1. The van der Waals surface area contributed by atoms with E-state index in [1.54, 1.807) is 32.2 Å². The van der Waals surface area contributed by atoms with Gasteiger partial charge in [0.1, 0.15) is 11.6 Å². The van der Waals surface area contributed by atoms with E-state index in [1.807, 2.05) is 18.2 Å². The van der Waals surface area contributed by atoms with Crippen LogP contribution >= 0.6 is 11.6 Å². The molecule has 2 aromatic carbocycles. The van der Waals surface area contributed by atoms with Crippen molar-refractivity contribution in [1.82, 2.24) is 0 Å². The molecule has 0 saturated carbocycles. The van der Waals surface area contributed by atoms with E-state index in [2.05, 4.69) is 0 Å². The highest BCUT2D eigenvalue weighted by Gasteiger charge is 2.29. The summed E-state index contributed by atoms with van der Waals surface area (Å²) < 4.78 is 19.4. The zero-order valence-electron chi connectivity index (χ0n) is 10.8. The predicted octanol–water partition coefficient (Wildman–Crippen LogP) is 3.71. The zero-order chi connectivity index (χ0) is 14.0. The van der Waals surface area contributed by atoms with Gasteiger partial charge in [0.05, 0.1) is 12.6 Å². The third-order valence-electron chi connectivity index (χ3n) is 3.16. The van der Waals surface area contributed by atoms with Crippen LogP contribution in [-0.2, 0) is 5.54 Å². The molecule has 2 rings (SSSR count). The number of rotatable bonds is 3. The summed E-state index contributed by atoms with van der Waals surface area (Å²) in [7, 11) is 1.56. The summed E-state index contributed by atoms with van der Waals surface area (Å²) in [5, 5.41) is 0.345. The van der Waals surface area contributed by atoms with Crippen LogP contribution < -0.4 is 10.5 Å². The fourth-order valence-corrected chi connectivity index (χ4v) is 2.29. The summed E-state index contributed by atoms with van der Waals surface area (Å²) in [5.41, 5.74) is 6.42. The van der Waals surface area contributed by atoms with Gasteiger partial charge in [0, 0.05) is 16.1 Å². The molecule has 0 aromatic heterocycles. The van der Waals surface area contributed by atoms with E-state index in [0.29, 0.717) is 16.3 Å². The third-order valence-corrected chi connectivity index (χ3v) is 3.39. The lowest BCUT2D eigenvalue weighted by Crippen LogP contribution is -2.35. The standard InChI is InChI=1S/C15H15ClFNO/c1-15(18,11-8-7-10(16)9-13(11)17)12-5-3-4-6-14(12)19-2/h3-9H,18H2,1-2H3. The molecule has 2 N–H and O–H groups in total. The molecule has 2 nitrogen and oxygen atoms in total. The van der Waals surface area contributed by atoms with Crippen molar-refractivity contribution < 1.29 is 9.13 Å². The molecule has 1 atom stereocenters. The second-order valence-electron chi connectivity index (χ2n) is 4.53. The average molecular weight is 280 g/mol. The summed E-state index contributed by atoms with van der Waals surface area (Å²) in [6.45, 7) is 1.75. The first-order valence-corrected chi connectivity index (χ1v) is 6.22. The van der Waals surface area contributed by atoms with Gasteiger partial charge >= 0.3 is 0 Å². The molecule has 0 amide bonds. The van der Waals surface area contributed by atoms with E-state index < -0.39 is 11.4 Å². The van der Waals surface area contributed by atoms with Gasteiger partial charge in [-0.15, -0.1) is 0 Å². The van der Waals surface area contributed by atoms with Gasteiger partial charge in [0.25, 0.3) is 0 Å². The van der Waals surface area contributed by atoms with Gasteiger partial charge in [-0.1, -0.05) is 35.9 Å². The minimum Gasteiger partial charge on any atom is -0.496 e. The van der Waals surface area contributed by atoms with Crippen LogP contribution in [0, 0.1) is 5.82 Å². The van der Waals surface area contributed by atoms with E-state index in [0.717, 1.165) is 5.56 Å². The van der Waals surface area contributed by atoms with Crippen LogP contribution in [0.25, 0.3) is 0 Å². The van der Waals surface area contributed by atoms with Crippen molar-refractivity contribution in [2.45, 2.75) is 12.5 Å². The van der Waals surface area contributed by atoms with E-state index in [9.17, 15) is 4.39 Å². The fourth-order valence-electron chi connectivity index (χ4n) is 2.13. The second-order valence-corrected chi connectivity index (χ2v) is 4.96. The fraction of sp³-hybridized carbons (Fsp3) is 0.200. The normalized spacial score (nSPS) is 13.9. The smallest absolute Gasteiger partial charge is 0.130 e. The number of hydrogen-bond donors (Lipinski definition) is 1. The molecule has 0 spiro atoms. The van der Waals surface area contributed by atoms with Gasteiger partial charge in [0.2, 0.25) is 0 Å². The Hall–Kier alpha value is -1.58. The lowest BCUT2D eigenvalue weighted by atomic mass is 9.85. The Bertz CT molecular complexity index is 598. The largest absolute Gasteiger partial charge is 0.496 e. The monoisotopic (exact) mass is 279 g/mol. The number of ether oxygens (including phenoxy) is 1. The second kappa shape index (κ2) is 5.19. The summed E-state index contributed by atoms with van der Waals surface area (Å²) in [4.78, 5) is 0.